The summed E-state index contributed by atoms with van der Waals surface area (Å²) in [6, 6.07) is 0. The summed E-state index contributed by atoms with van der Waals surface area (Å²) in [5, 5.41) is 14.1. The van der Waals surface area contributed by atoms with Gasteiger partial charge in [0.25, 0.3) is 0 Å². The van der Waals surface area contributed by atoms with E-state index in [4.69, 9.17) is 0 Å². The minimum absolute atomic E-state index is 0.101. The van der Waals surface area contributed by atoms with Crippen LogP contribution in [0.2, 0.25) is 0 Å². The van der Waals surface area contributed by atoms with Crippen LogP contribution in [0.1, 0.15) is 34.4 Å². The monoisotopic (exact) mass is 444 g/mol. The molecule has 0 aliphatic heterocycles. The van der Waals surface area contributed by atoms with Crippen molar-refractivity contribution in [2.24, 2.45) is 5.92 Å². The van der Waals surface area contributed by atoms with Gasteiger partial charge in [0, 0.05) is 9.75 Å². The van der Waals surface area contributed by atoms with Crippen LogP contribution in [0.5, 0.6) is 0 Å². The van der Waals surface area contributed by atoms with Crippen LogP contribution in [0.25, 0.3) is 15.9 Å². The number of fused-ring (bicyclic) bond motifs is 5. The van der Waals surface area contributed by atoms with Gasteiger partial charge < -0.3 is 5.32 Å². The molecule has 1 aliphatic carbocycles. The summed E-state index contributed by atoms with van der Waals surface area (Å²) >= 11 is 4.63. The first-order chi connectivity index (χ1) is 14.0. The van der Waals surface area contributed by atoms with Crippen LogP contribution in [0, 0.1) is 19.8 Å². The largest absolute Gasteiger partial charge is 0.301 e. The Morgan fingerprint density at radius 2 is 2.21 bits per heavy atom. The van der Waals surface area contributed by atoms with Gasteiger partial charge in [-0.15, -0.1) is 32.9 Å². The van der Waals surface area contributed by atoms with Crippen LogP contribution >= 0.6 is 34.4 Å². The molecular formula is C19H20N6OS3. The van der Waals surface area contributed by atoms with E-state index in [0.717, 1.165) is 45.2 Å². The molecule has 4 heterocycles. The molecule has 5 rings (SSSR count). The molecule has 0 spiro atoms. The van der Waals surface area contributed by atoms with Crippen molar-refractivity contribution < 1.29 is 4.79 Å². The molecule has 4 aromatic heterocycles. The minimum Gasteiger partial charge on any atom is -0.301 e. The number of nitrogens with one attached hydrogen (secondary N) is 1. The lowest BCUT2D eigenvalue weighted by atomic mass is 9.89. The molecule has 0 aromatic carbocycles. The molecule has 0 saturated heterocycles. The number of thioether (sulfide) groups is 1. The number of aromatic nitrogens is 5. The van der Waals surface area contributed by atoms with Crippen LogP contribution in [0.4, 0.5) is 5.13 Å². The average Bonchev–Trinajstić information content (AvgIpc) is 3.34. The molecular weight excluding hydrogens is 424 g/mol. The molecule has 1 atom stereocenters. The quantitative estimate of drug-likeness (QED) is 0.473. The Hall–Kier alpha value is -2.04. The predicted octanol–water partition coefficient (Wildman–Crippen LogP) is 4.27. The highest BCUT2D eigenvalue weighted by Crippen LogP contribution is 2.39. The number of rotatable bonds is 4. The Morgan fingerprint density at radius 1 is 1.34 bits per heavy atom. The van der Waals surface area contributed by atoms with E-state index in [1.807, 2.05) is 18.2 Å². The molecule has 0 bridgehead atoms. The lowest BCUT2D eigenvalue weighted by Crippen LogP contribution is -2.14. The summed E-state index contributed by atoms with van der Waals surface area (Å²) in [6.07, 6.45) is 5.17. The molecule has 1 N–H and O–H groups in total. The minimum atomic E-state index is -0.101. The number of thiazole rings is 1. The van der Waals surface area contributed by atoms with Gasteiger partial charge in [0.1, 0.15) is 11.2 Å². The predicted molar refractivity (Wildman–Crippen MR) is 118 cm³/mol. The number of carbonyl (C=O) groups excluding carboxylic acids is 1. The first kappa shape index (κ1) is 19.0. The Bertz CT molecular complexity index is 1220. The van der Waals surface area contributed by atoms with Gasteiger partial charge in [-0.25, -0.2) is 9.97 Å². The average molecular weight is 445 g/mol. The number of hydrogen-bond acceptors (Lipinski definition) is 8. The molecule has 0 unspecified atom stereocenters. The molecule has 29 heavy (non-hydrogen) atoms. The first-order valence-electron chi connectivity index (χ1n) is 9.50. The summed E-state index contributed by atoms with van der Waals surface area (Å²) in [6.45, 7) is 6.25. The molecule has 4 aromatic rings. The normalized spacial score (nSPS) is 16.4. The Kier molecular flexibility index (Phi) is 4.79. The van der Waals surface area contributed by atoms with Gasteiger partial charge in [-0.05, 0) is 44.6 Å². The molecule has 1 aliphatic rings. The second-order valence-electron chi connectivity index (χ2n) is 7.45. The fourth-order valence-electron chi connectivity index (χ4n) is 3.63. The van der Waals surface area contributed by atoms with Crippen molar-refractivity contribution in [1.82, 2.24) is 24.6 Å². The molecule has 10 heteroatoms. The lowest BCUT2D eigenvalue weighted by Gasteiger charge is -2.17. The molecule has 1 amide bonds. The smallest absolute Gasteiger partial charge is 0.236 e. The van der Waals surface area contributed by atoms with Gasteiger partial charge in [0.2, 0.25) is 5.91 Å². The van der Waals surface area contributed by atoms with E-state index in [1.54, 1.807) is 17.7 Å². The molecule has 150 valence electrons. The van der Waals surface area contributed by atoms with E-state index in [2.05, 4.69) is 32.4 Å². The first-order valence-corrected chi connectivity index (χ1v) is 12.1. The van der Waals surface area contributed by atoms with Crippen molar-refractivity contribution in [2.45, 2.75) is 45.2 Å². The SMILES string of the molecule is Cc1nc(NC(=O)CSc2nnc3c4c5c(sc4ncn23)C[C@@H](C)CC5)sc1C. The fourth-order valence-corrected chi connectivity index (χ4v) is 6.51. The topological polar surface area (TPSA) is 85.1 Å². The maximum Gasteiger partial charge on any atom is 0.236 e. The Labute approximate surface area is 180 Å². The van der Waals surface area contributed by atoms with Gasteiger partial charge in [-0.2, -0.15) is 0 Å². The van der Waals surface area contributed by atoms with Crippen molar-refractivity contribution >= 4 is 61.3 Å². The van der Waals surface area contributed by atoms with Gasteiger partial charge in [0.05, 0.1) is 16.8 Å². The van der Waals surface area contributed by atoms with E-state index in [-0.39, 0.29) is 11.7 Å². The third-order valence-corrected chi connectivity index (χ3v) is 8.37. The Balaban J connectivity index is 1.38. The van der Waals surface area contributed by atoms with Crippen LogP contribution in [-0.2, 0) is 17.6 Å². The van der Waals surface area contributed by atoms with Gasteiger partial charge in [-0.1, -0.05) is 18.7 Å². The fraction of sp³-hybridized carbons (Fsp3) is 0.421. The van der Waals surface area contributed by atoms with Crippen LogP contribution < -0.4 is 5.32 Å². The van der Waals surface area contributed by atoms with Crippen molar-refractivity contribution in [1.29, 1.82) is 0 Å². The number of amides is 1. The molecule has 0 saturated carbocycles. The molecule has 7 nitrogen and oxygen atoms in total. The molecule has 0 fully saturated rings. The summed E-state index contributed by atoms with van der Waals surface area (Å²) in [5.41, 5.74) is 3.18. The van der Waals surface area contributed by atoms with Crippen molar-refractivity contribution in [3.05, 3.63) is 27.3 Å². The van der Waals surface area contributed by atoms with E-state index in [0.29, 0.717) is 10.3 Å². The van der Waals surface area contributed by atoms with Crippen LogP contribution in [-0.4, -0.2) is 36.2 Å². The zero-order valence-electron chi connectivity index (χ0n) is 16.4. The third-order valence-electron chi connectivity index (χ3n) is 5.28. The lowest BCUT2D eigenvalue weighted by molar-refractivity contribution is -0.113. The standard InChI is InChI=1S/C19H20N6OS3/c1-9-4-5-12-13(6-9)29-17-15(12)16-23-24-19(25(16)8-20-17)27-7-14(26)22-18-21-10(2)11(3)28-18/h8-9H,4-7H2,1-3H3,(H,21,22,26)/t9-/m0/s1. The van der Waals surface area contributed by atoms with Gasteiger partial charge >= 0.3 is 0 Å². The second kappa shape index (κ2) is 7.33. The third kappa shape index (κ3) is 3.43. The number of anilines is 1. The number of nitrogens with zero attached hydrogens (tertiary/aromatic N) is 5. The van der Waals surface area contributed by atoms with Crippen LogP contribution in [0.15, 0.2) is 11.5 Å². The van der Waals surface area contributed by atoms with Gasteiger partial charge in [0.15, 0.2) is 15.9 Å². The highest BCUT2D eigenvalue weighted by molar-refractivity contribution is 7.99. The van der Waals surface area contributed by atoms with Crippen molar-refractivity contribution in [3.8, 4) is 0 Å². The number of carbonyl (C=O) groups is 1. The Morgan fingerprint density at radius 3 is 3.00 bits per heavy atom. The van der Waals surface area contributed by atoms with Crippen LogP contribution in [0.3, 0.4) is 0 Å². The van der Waals surface area contributed by atoms with Crippen molar-refractivity contribution in [2.75, 3.05) is 11.1 Å². The summed E-state index contributed by atoms with van der Waals surface area (Å²) in [7, 11) is 0. The number of thiophene rings is 1. The zero-order valence-corrected chi connectivity index (χ0v) is 18.8. The number of aryl methyl sites for hydroxylation is 3. The van der Waals surface area contributed by atoms with E-state index >= 15 is 0 Å². The summed E-state index contributed by atoms with van der Waals surface area (Å²) in [4.78, 5) is 24.9. The highest BCUT2D eigenvalue weighted by Gasteiger charge is 2.24. The van der Waals surface area contributed by atoms with Gasteiger partial charge in [-0.3, -0.25) is 9.20 Å². The summed E-state index contributed by atoms with van der Waals surface area (Å²) in [5.74, 6) is 0.867. The zero-order chi connectivity index (χ0) is 20.1. The molecule has 0 radical (unpaired) electrons. The van der Waals surface area contributed by atoms with E-state index < -0.39 is 0 Å². The maximum atomic E-state index is 12.3. The second-order valence-corrected chi connectivity index (χ2v) is 10.7. The summed E-state index contributed by atoms with van der Waals surface area (Å²) < 4.78 is 1.91. The van der Waals surface area contributed by atoms with E-state index in [1.165, 1.54) is 40.0 Å². The van der Waals surface area contributed by atoms with E-state index in [9.17, 15) is 4.79 Å². The van der Waals surface area contributed by atoms with Crippen molar-refractivity contribution in [3.63, 3.8) is 0 Å². The highest BCUT2D eigenvalue weighted by atomic mass is 32.2. The maximum absolute atomic E-state index is 12.3. The number of hydrogen-bond donors (Lipinski definition) is 1.